The Kier molecular flexibility index (Phi) is 3.30. The molecule has 0 bridgehead atoms. The van der Waals surface area contributed by atoms with Crippen LogP contribution in [0, 0.1) is 5.41 Å². The minimum Gasteiger partial charge on any atom is -0.486 e. The van der Waals surface area contributed by atoms with E-state index in [0.717, 1.165) is 0 Å². The van der Waals surface area contributed by atoms with Crippen molar-refractivity contribution in [3.8, 4) is 11.5 Å². The van der Waals surface area contributed by atoms with Crippen molar-refractivity contribution in [3.05, 3.63) is 23.8 Å². The summed E-state index contributed by atoms with van der Waals surface area (Å²) < 4.78 is 10.8. The molecule has 4 nitrogen and oxygen atoms in total. The number of carbonyl (C=O) groups excluding carboxylic acids is 1. The number of hydrogen-bond donors (Lipinski definition) is 1. The van der Waals surface area contributed by atoms with E-state index in [9.17, 15) is 9.90 Å². The van der Waals surface area contributed by atoms with E-state index in [-0.39, 0.29) is 5.78 Å². The minimum absolute atomic E-state index is 0.292. The van der Waals surface area contributed by atoms with Crippen molar-refractivity contribution >= 4 is 5.78 Å². The van der Waals surface area contributed by atoms with E-state index in [0.29, 0.717) is 30.3 Å². The molecule has 2 rings (SSSR count). The maximum Gasteiger partial charge on any atom is 0.191 e. The van der Waals surface area contributed by atoms with E-state index in [1.165, 1.54) is 0 Å². The van der Waals surface area contributed by atoms with Gasteiger partial charge < -0.3 is 14.6 Å². The van der Waals surface area contributed by atoms with Gasteiger partial charge in [0.1, 0.15) is 19.3 Å². The predicted octanol–water partition coefficient (Wildman–Crippen LogP) is 2.05. The largest absolute Gasteiger partial charge is 0.486 e. The first-order valence-corrected chi connectivity index (χ1v) is 6.01. The highest BCUT2D eigenvalue weighted by Crippen LogP contribution is 2.32. The first kappa shape index (κ1) is 12.9. The molecule has 0 spiro atoms. The normalized spacial score (nSPS) is 16.2. The Morgan fingerprint density at radius 1 is 1.22 bits per heavy atom. The Morgan fingerprint density at radius 3 is 2.44 bits per heavy atom. The van der Waals surface area contributed by atoms with Gasteiger partial charge >= 0.3 is 0 Å². The predicted molar refractivity (Wildman–Crippen MR) is 67.2 cm³/mol. The molecule has 1 aliphatic rings. The Hall–Kier alpha value is -1.55. The highest BCUT2D eigenvalue weighted by atomic mass is 16.6. The van der Waals surface area contributed by atoms with Gasteiger partial charge in [0.2, 0.25) is 0 Å². The molecule has 0 amide bonds. The second-order valence-corrected chi connectivity index (χ2v) is 5.49. The fraction of sp³-hybridized carbons (Fsp3) is 0.500. The van der Waals surface area contributed by atoms with E-state index < -0.39 is 11.5 Å². The summed E-state index contributed by atoms with van der Waals surface area (Å²) in [4.78, 5) is 12.1. The van der Waals surface area contributed by atoms with E-state index in [2.05, 4.69) is 0 Å². The van der Waals surface area contributed by atoms with Gasteiger partial charge in [-0.15, -0.1) is 0 Å². The van der Waals surface area contributed by atoms with Crippen molar-refractivity contribution in [3.63, 3.8) is 0 Å². The maximum atomic E-state index is 12.1. The number of rotatable bonds is 2. The van der Waals surface area contributed by atoms with Crippen molar-refractivity contribution in [2.45, 2.75) is 26.9 Å². The summed E-state index contributed by atoms with van der Waals surface area (Å²) in [5.41, 5.74) is -0.0358. The molecule has 98 valence electrons. The van der Waals surface area contributed by atoms with E-state index in [1.54, 1.807) is 18.2 Å². The zero-order valence-corrected chi connectivity index (χ0v) is 10.9. The third-order valence-electron chi connectivity index (χ3n) is 2.90. The lowest BCUT2D eigenvalue weighted by Crippen LogP contribution is -2.34. The summed E-state index contributed by atoms with van der Waals surface area (Å²) in [6, 6.07) is 4.99. The molecule has 0 radical (unpaired) electrons. The molecule has 0 fully saturated rings. The zero-order chi connectivity index (χ0) is 13.3. The van der Waals surface area contributed by atoms with Crippen LogP contribution in [-0.2, 0) is 0 Å². The third kappa shape index (κ3) is 2.48. The molecule has 1 atom stereocenters. The molecule has 4 heteroatoms. The second kappa shape index (κ2) is 4.61. The van der Waals surface area contributed by atoms with Crippen LogP contribution in [0.3, 0.4) is 0 Å². The summed E-state index contributed by atoms with van der Waals surface area (Å²) in [5, 5.41) is 9.99. The molecule has 0 saturated heterocycles. The SMILES string of the molecule is CC(C)(C)C(O)C(=O)c1ccc2c(c1)OCCO2. The van der Waals surface area contributed by atoms with Gasteiger partial charge in [0.15, 0.2) is 17.3 Å². The summed E-state index contributed by atoms with van der Waals surface area (Å²) in [7, 11) is 0. The molecule has 0 saturated carbocycles. The molecule has 0 aromatic heterocycles. The van der Waals surface area contributed by atoms with Gasteiger partial charge in [0, 0.05) is 5.56 Å². The van der Waals surface area contributed by atoms with Crippen LogP contribution in [0.15, 0.2) is 18.2 Å². The minimum atomic E-state index is -1.03. The Morgan fingerprint density at radius 2 is 1.83 bits per heavy atom. The van der Waals surface area contributed by atoms with Gasteiger partial charge in [0.25, 0.3) is 0 Å². The van der Waals surface area contributed by atoms with Crippen LogP contribution in [0.4, 0.5) is 0 Å². The number of ketones is 1. The van der Waals surface area contributed by atoms with Crippen LogP contribution in [0.5, 0.6) is 11.5 Å². The van der Waals surface area contributed by atoms with Gasteiger partial charge in [0.05, 0.1) is 0 Å². The van der Waals surface area contributed by atoms with E-state index >= 15 is 0 Å². The first-order valence-electron chi connectivity index (χ1n) is 6.01. The number of carbonyl (C=O) groups is 1. The summed E-state index contributed by atoms with van der Waals surface area (Å²) in [6.45, 7) is 6.48. The van der Waals surface area contributed by atoms with Crippen LogP contribution in [0.25, 0.3) is 0 Å². The number of hydrogen-bond acceptors (Lipinski definition) is 4. The van der Waals surface area contributed by atoms with Crippen molar-refractivity contribution in [1.29, 1.82) is 0 Å². The van der Waals surface area contributed by atoms with Crippen molar-refractivity contribution < 1.29 is 19.4 Å². The third-order valence-corrected chi connectivity index (χ3v) is 2.90. The molecule has 1 N–H and O–H groups in total. The number of benzene rings is 1. The highest BCUT2D eigenvalue weighted by molar-refractivity contribution is 6.00. The van der Waals surface area contributed by atoms with Crippen molar-refractivity contribution in [2.75, 3.05) is 13.2 Å². The van der Waals surface area contributed by atoms with Crippen LogP contribution < -0.4 is 9.47 Å². The van der Waals surface area contributed by atoms with Gasteiger partial charge in [-0.2, -0.15) is 0 Å². The van der Waals surface area contributed by atoms with E-state index in [1.807, 2.05) is 20.8 Å². The molecular formula is C14H18O4. The number of fused-ring (bicyclic) bond motifs is 1. The summed E-state index contributed by atoms with van der Waals surface area (Å²) in [5.74, 6) is 0.913. The lowest BCUT2D eigenvalue weighted by molar-refractivity contribution is 0.0442. The first-order chi connectivity index (χ1) is 8.39. The Bertz CT molecular complexity index is 459. The molecule has 1 heterocycles. The van der Waals surface area contributed by atoms with Crippen LogP contribution in [0.1, 0.15) is 31.1 Å². The fourth-order valence-electron chi connectivity index (χ4n) is 1.75. The second-order valence-electron chi connectivity index (χ2n) is 5.49. The fourth-order valence-corrected chi connectivity index (χ4v) is 1.75. The lowest BCUT2D eigenvalue weighted by Gasteiger charge is -2.25. The number of aliphatic hydroxyl groups is 1. The topological polar surface area (TPSA) is 55.8 Å². The standard InChI is InChI=1S/C14H18O4/c1-14(2,3)13(16)12(15)9-4-5-10-11(8-9)18-7-6-17-10/h4-5,8,13,16H,6-7H2,1-3H3. The van der Waals surface area contributed by atoms with Gasteiger partial charge in [-0.05, 0) is 23.6 Å². The monoisotopic (exact) mass is 250 g/mol. The van der Waals surface area contributed by atoms with Crippen molar-refractivity contribution in [2.24, 2.45) is 5.41 Å². The number of ether oxygens (including phenoxy) is 2. The quantitative estimate of drug-likeness (QED) is 0.816. The van der Waals surface area contributed by atoms with Gasteiger partial charge in [-0.3, -0.25) is 4.79 Å². The molecule has 1 aromatic rings. The summed E-state index contributed by atoms with van der Waals surface area (Å²) in [6.07, 6.45) is -1.03. The molecule has 0 aliphatic carbocycles. The highest BCUT2D eigenvalue weighted by Gasteiger charge is 2.30. The molecule has 18 heavy (non-hydrogen) atoms. The average molecular weight is 250 g/mol. The lowest BCUT2D eigenvalue weighted by atomic mass is 9.84. The Balaban J connectivity index is 2.26. The zero-order valence-electron chi connectivity index (χ0n) is 10.9. The maximum absolute atomic E-state index is 12.1. The van der Waals surface area contributed by atoms with Gasteiger partial charge in [-0.25, -0.2) is 0 Å². The van der Waals surface area contributed by atoms with Crippen LogP contribution in [-0.4, -0.2) is 30.2 Å². The molecular weight excluding hydrogens is 232 g/mol. The number of Topliss-reactive ketones (excluding diaryl/α,β-unsaturated/α-hetero) is 1. The number of aliphatic hydroxyl groups excluding tert-OH is 1. The molecule has 1 aliphatic heterocycles. The average Bonchev–Trinajstić information content (AvgIpc) is 2.35. The van der Waals surface area contributed by atoms with E-state index in [4.69, 9.17) is 9.47 Å². The Labute approximate surface area is 107 Å². The molecule has 1 unspecified atom stereocenters. The summed E-state index contributed by atoms with van der Waals surface area (Å²) >= 11 is 0. The van der Waals surface area contributed by atoms with Crippen LogP contribution in [0.2, 0.25) is 0 Å². The smallest absolute Gasteiger partial charge is 0.191 e. The van der Waals surface area contributed by atoms with Gasteiger partial charge in [-0.1, -0.05) is 20.8 Å². The molecule has 1 aromatic carbocycles. The van der Waals surface area contributed by atoms with Crippen LogP contribution >= 0.6 is 0 Å². The van der Waals surface area contributed by atoms with Crippen molar-refractivity contribution in [1.82, 2.24) is 0 Å².